The molecule has 1 saturated heterocycles. The van der Waals surface area contributed by atoms with E-state index in [1.807, 2.05) is 42.5 Å². The lowest BCUT2D eigenvalue weighted by Gasteiger charge is -2.27. The van der Waals surface area contributed by atoms with Crippen LogP contribution in [0.3, 0.4) is 0 Å². The second-order valence-electron chi connectivity index (χ2n) is 7.65. The maximum atomic E-state index is 12.7. The summed E-state index contributed by atoms with van der Waals surface area (Å²) in [6.07, 6.45) is -0.193. The van der Waals surface area contributed by atoms with E-state index in [0.717, 1.165) is 24.2 Å². The highest BCUT2D eigenvalue weighted by Gasteiger charge is 2.22. The van der Waals surface area contributed by atoms with Crippen molar-refractivity contribution in [3.8, 4) is 11.1 Å². The van der Waals surface area contributed by atoms with Crippen molar-refractivity contribution in [2.75, 3.05) is 39.4 Å². The number of carboxylic acid groups (broad SMARTS) is 1. The molecule has 3 N–H and O–H groups in total. The summed E-state index contributed by atoms with van der Waals surface area (Å²) in [5, 5.41) is 14.5. The molecular formula is C24H29N3O5. The van der Waals surface area contributed by atoms with Crippen molar-refractivity contribution in [1.29, 1.82) is 0 Å². The highest BCUT2D eigenvalue weighted by atomic mass is 16.5. The number of rotatable bonds is 10. The van der Waals surface area contributed by atoms with Crippen LogP contribution in [0.2, 0.25) is 0 Å². The third-order valence-electron chi connectivity index (χ3n) is 5.35. The summed E-state index contributed by atoms with van der Waals surface area (Å²) in [4.78, 5) is 38.5. The fraction of sp³-hybridized carbons (Fsp3) is 0.375. The molecule has 0 saturated carbocycles. The number of nitrogens with one attached hydrogen (secondary N) is 2. The molecule has 1 aliphatic heterocycles. The van der Waals surface area contributed by atoms with E-state index in [1.54, 1.807) is 12.1 Å². The Labute approximate surface area is 187 Å². The van der Waals surface area contributed by atoms with Gasteiger partial charge >= 0.3 is 5.97 Å². The van der Waals surface area contributed by atoms with Crippen LogP contribution < -0.4 is 10.6 Å². The van der Waals surface area contributed by atoms with E-state index in [9.17, 15) is 14.4 Å². The van der Waals surface area contributed by atoms with Crippen molar-refractivity contribution in [2.24, 2.45) is 0 Å². The van der Waals surface area contributed by atoms with Crippen molar-refractivity contribution >= 4 is 17.8 Å². The van der Waals surface area contributed by atoms with Gasteiger partial charge in [0.05, 0.1) is 13.2 Å². The quantitative estimate of drug-likeness (QED) is 0.521. The zero-order valence-corrected chi connectivity index (χ0v) is 18.0. The third kappa shape index (κ3) is 7.18. The van der Waals surface area contributed by atoms with Crippen molar-refractivity contribution in [3.05, 3.63) is 60.2 Å². The number of hydrogen-bond donors (Lipinski definition) is 3. The van der Waals surface area contributed by atoms with Crippen LogP contribution in [0.5, 0.6) is 0 Å². The second-order valence-corrected chi connectivity index (χ2v) is 7.65. The summed E-state index contributed by atoms with van der Waals surface area (Å²) in [6.45, 7) is 4.07. The fourth-order valence-corrected chi connectivity index (χ4v) is 3.51. The predicted molar refractivity (Wildman–Crippen MR) is 120 cm³/mol. The fourth-order valence-electron chi connectivity index (χ4n) is 3.51. The summed E-state index contributed by atoms with van der Waals surface area (Å²) >= 11 is 0. The monoisotopic (exact) mass is 439 g/mol. The number of carbonyl (C=O) groups excluding carboxylic acids is 2. The van der Waals surface area contributed by atoms with E-state index in [1.165, 1.54) is 0 Å². The number of carbonyl (C=O) groups is 3. The smallest absolute Gasteiger partial charge is 0.303 e. The Bertz CT molecular complexity index is 896. The number of nitrogens with zero attached hydrogens (tertiary/aromatic N) is 1. The van der Waals surface area contributed by atoms with E-state index >= 15 is 0 Å². The first kappa shape index (κ1) is 23.4. The van der Waals surface area contributed by atoms with Gasteiger partial charge in [-0.15, -0.1) is 0 Å². The van der Waals surface area contributed by atoms with E-state index in [4.69, 9.17) is 9.84 Å². The van der Waals surface area contributed by atoms with Gasteiger partial charge in [0.2, 0.25) is 5.91 Å². The van der Waals surface area contributed by atoms with Crippen LogP contribution in [0.1, 0.15) is 23.2 Å². The Kier molecular flexibility index (Phi) is 8.77. The lowest BCUT2D eigenvalue weighted by Crippen LogP contribution is -2.49. The average molecular weight is 440 g/mol. The van der Waals surface area contributed by atoms with E-state index in [-0.39, 0.29) is 18.7 Å². The number of benzene rings is 2. The maximum Gasteiger partial charge on any atom is 0.303 e. The van der Waals surface area contributed by atoms with Crippen LogP contribution in [0.4, 0.5) is 0 Å². The van der Waals surface area contributed by atoms with E-state index < -0.39 is 17.9 Å². The number of amides is 2. The van der Waals surface area contributed by atoms with E-state index in [2.05, 4.69) is 15.5 Å². The van der Waals surface area contributed by atoms with Crippen LogP contribution in [0.15, 0.2) is 54.6 Å². The van der Waals surface area contributed by atoms with Crippen molar-refractivity contribution in [3.63, 3.8) is 0 Å². The minimum absolute atomic E-state index is 0.0204. The number of ether oxygens (including phenoxy) is 1. The van der Waals surface area contributed by atoms with Gasteiger partial charge in [-0.25, -0.2) is 0 Å². The lowest BCUT2D eigenvalue weighted by molar-refractivity contribution is -0.137. The summed E-state index contributed by atoms with van der Waals surface area (Å²) in [5.41, 5.74) is 2.43. The molecule has 1 atom stereocenters. The van der Waals surface area contributed by atoms with Gasteiger partial charge in [-0.05, 0) is 29.7 Å². The molecule has 8 nitrogen and oxygen atoms in total. The lowest BCUT2D eigenvalue weighted by atomic mass is 10.0. The summed E-state index contributed by atoms with van der Waals surface area (Å²) in [5.74, 6) is -1.81. The van der Waals surface area contributed by atoms with Crippen molar-refractivity contribution in [2.45, 2.75) is 18.9 Å². The SMILES string of the molecule is O=C(O)CC[C@H](NC(=O)c1ccc(-c2ccccc2)cc1)C(=O)NCCN1CCOCC1. The first-order valence-electron chi connectivity index (χ1n) is 10.8. The van der Waals surface area contributed by atoms with Crippen LogP contribution >= 0.6 is 0 Å². The number of hydrogen-bond acceptors (Lipinski definition) is 5. The zero-order chi connectivity index (χ0) is 22.8. The summed E-state index contributed by atoms with van der Waals surface area (Å²) in [7, 11) is 0. The number of carboxylic acids is 1. The standard InChI is InChI=1S/C24H29N3O5/c28-22(29)11-10-21(24(31)25-12-13-27-14-16-32-17-15-27)26-23(30)20-8-6-19(7-9-20)18-4-2-1-3-5-18/h1-9,21H,10-17H2,(H,25,31)(H,26,30)(H,28,29)/t21-/m0/s1. The first-order chi connectivity index (χ1) is 15.5. The van der Waals surface area contributed by atoms with Crippen LogP contribution in [-0.2, 0) is 14.3 Å². The maximum absolute atomic E-state index is 12.7. The first-order valence-corrected chi connectivity index (χ1v) is 10.8. The van der Waals surface area contributed by atoms with Gasteiger partial charge in [0.25, 0.3) is 5.91 Å². The largest absolute Gasteiger partial charge is 0.481 e. The van der Waals surface area contributed by atoms with Crippen LogP contribution in [0, 0.1) is 0 Å². The van der Waals surface area contributed by atoms with Gasteiger partial charge in [0.1, 0.15) is 6.04 Å². The molecule has 0 spiro atoms. The highest BCUT2D eigenvalue weighted by Crippen LogP contribution is 2.19. The topological polar surface area (TPSA) is 108 Å². The molecule has 1 fully saturated rings. The summed E-state index contributed by atoms with van der Waals surface area (Å²) in [6, 6.07) is 16.0. The van der Waals surface area contributed by atoms with Gasteiger partial charge in [0, 0.05) is 38.2 Å². The zero-order valence-electron chi connectivity index (χ0n) is 18.0. The molecule has 2 aromatic carbocycles. The number of morpholine rings is 1. The Morgan fingerprint density at radius 1 is 0.969 bits per heavy atom. The molecule has 2 aromatic rings. The highest BCUT2D eigenvalue weighted by molar-refractivity contribution is 5.98. The molecule has 32 heavy (non-hydrogen) atoms. The number of aliphatic carboxylic acids is 1. The van der Waals surface area contributed by atoms with Crippen LogP contribution in [-0.4, -0.2) is 73.2 Å². The molecular weight excluding hydrogens is 410 g/mol. The normalized spacial score (nSPS) is 15.0. The Morgan fingerprint density at radius 3 is 2.28 bits per heavy atom. The molecule has 1 heterocycles. The molecule has 1 aliphatic rings. The third-order valence-corrected chi connectivity index (χ3v) is 5.35. The minimum atomic E-state index is -1.02. The van der Waals surface area contributed by atoms with E-state index in [0.29, 0.717) is 31.9 Å². The molecule has 170 valence electrons. The minimum Gasteiger partial charge on any atom is -0.481 e. The molecule has 3 rings (SSSR count). The average Bonchev–Trinajstić information content (AvgIpc) is 2.82. The Hall–Kier alpha value is -3.23. The second kappa shape index (κ2) is 12.0. The summed E-state index contributed by atoms with van der Waals surface area (Å²) < 4.78 is 5.31. The molecule has 0 aliphatic carbocycles. The predicted octanol–water partition coefficient (Wildman–Crippen LogP) is 1.77. The van der Waals surface area contributed by atoms with Gasteiger partial charge in [-0.3, -0.25) is 19.3 Å². The molecule has 0 radical (unpaired) electrons. The van der Waals surface area contributed by atoms with Gasteiger partial charge in [0.15, 0.2) is 0 Å². The molecule has 0 aromatic heterocycles. The van der Waals surface area contributed by atoms with Crippen molar-refractivity contribution < 1.29 is 24.2 Å². The van der Waals surface area contributed by atoms with Crippen LogP contribution in [0.25, 0.3) is 11.1 Å². The van der Waals surface area contributed by atoms with Crippen molar-refractivity contribution in [1.82, 2.24) is 15.5 Å². The van der Waals surface area contributed by atoms with Gasteiger partial charge in [-0.1, -0.05) is 42.5 Å². The Balaban J connectivity index is 1.57. The van der Waals surface area contributed by atoms with Gasteiger partial charge in [-0.2, -0.15) is 0 Å². The molecule has 8 heteroatoms. The molecule has 0 bridgehead atoms. The molecule has 0 unspecified atom stereocenters. The molecule has 2 amide bonds. The van der Waals surface area contributed by atoms with Gasteiger partial charge < -0.3 is 20.5 Å². The Morgan fingerprint density at radius 2 is 1.62 bits per heavy atom.